The monoisotopic (exact) mass is 140 g/mol. The summed E-state index contributed by atoms with van der Waals surface area (Å²) in [5.41, 5.74) is 0.703. The Hall–Kier alpha value is 0. The lowest BCUT2D eigenvalue weighted by atomic mass is 9.53. The molecule has 1 saturated carbocycles. The second-order valence-electron chi connectivity index (χ2n) is 4.20. The Morgan fingerprint density at radius 3 is 2.20 bits per heavy atom. The molecule has 1 rings (SSSR count). The van der Waals surface area contributed by atoms with E-state index < -0.39 is 0 Å². The van der Waals surface area contributed by atoms with Gasteiger partial charge in [-0.05, 0) is 23.7 Å². The van der Waals surface area contributed by atoms with Crippen LogP contribution in [0.2, 0.25) is 0 Å². The summed E-state index contributed by atoms with van der Waals surface area (Å²) in [5, 5.41) is 0. The second kappa shape index (κ2) is 2.56. The van der Waals surface area contributed by atoms with Crippen molar-refractivity contribution in [1.29, 1.82) is 0 Å². The molecule has 0 amide bonds. The van der Waals surface area contributed by atoms with Crippen LogP contribution in [0.1, 0.15) is 47.0 Å². The molecule has 0 bridgehead atoms. The van der Waals surface area contributed by atoms with Crippen LogP contribution in [-0.4, -0.2) is 0 Å². The van der Waals surface area contributed by atoms with E-state index in [4.69, 9.17) is 0 Å². The molecule has 0 aromatic rings. The first kappa shape index (κ1) is 8.10. The number of rotatable bonds is 2. The molecule has 60 valence electrons. The van der Waals surface area contributed by atoms with Crippen molar-refractivity contribution >= 4 is 0 Å². The minimum Gasteiger partial charge on any atom is -0.0651 e. The van der Waals surface area contributed by atoms with Crippen molar-refractivity contribution in [2.45, 2.75) is 47.0 Å². The Morgan fingerprint density at radius 1 is 1.40 bits per heavy atom. The molecule has 0 aromatic carbocycles. The van der Waals surface area contributed by atoms with Gasteiger partial charge < -0.3 is 0 Å². The minimum atomic E-state index is 0.703. The van der Waals surface area contributed by atoms with Crippen molar-refractivity contribution in [2.75, 3.05) is 0 Å². The molecule has 0 aromatic heterocycles. The van der Waals surface area contributed by atoms with Crippen molar-refractivity contribution < 1.29 is 0 Å². The summed E-state index contributed by atoms with van der Waals surface area (Å²) >= 11 is 0. The van der Waals surface area contributed by atoms with Crippen LogP contribution in [-0.2, 0) is 0 Å². The van der Waals surface area contributed by atoms with Gasteiger partial charge in [-0.3, -0.25) is 0 Å². The molecule has 0 spiro atoms. The summed E-state index contributed by atoms with van der Waals surface area (Å²) in [6.45, 7) is 9.50. The first-order valence-electron chi connectivity index (χ1n) is 4.64. The number of hydrogen-bond donors (Lipinski definition) is 0. The van der Waals surface area contributed by atoms with Gasteiger partial charge in [-0.25, -0.2) is 0 Å². The fourth-order valence-corrected chi connectivity index (χ4v) is 2.86. The van der Waals surface area contributed by atoms with Gasteiger partial charge in [-0.2, -0.15) is 0 Å². The van der Waals surface area contributed by atoms with Gasteiger partial charge in [0.2, 0.25) is 0 Å². The second-order valence-corrected chi connectivity index (χ2v) is 4.20. The molecule has 3 atom stereocenters. The SMILES string of the molecule is CCC1C(C)CC1(C)CC. The van der Waals surface area contributed by atoms with E-state index in [0.29, 0.717) is 5.41 Å². The molecular formula is C10H20. The summed E-state index contributed by atoms with van der Waals surface area (Å²) in [6, 6.07) is 0. The summed E-state index contributed by atoms with van der Waals surface area (Å²) in [6.07, 6.45) is 4.21. The molecule has 1 aliphatic carbocycles. The first-order chi connectivity index (χ1) is 4.64. The van der Waals surface area contributed by atoms with E-state index in [1.54, 1.807) is 0 Å². The molecule has 10 heavy (non-hydrogen) atoms. The molecule has 0 radical (unpaired) electrons. The third-order valence-electron chi connectivity index (χ3n) is 3.62. The van der Waals surface area contributed by atoms with Gasteiger partial charge in [0.05, 0.1) is 0 Å². The van der Waals surface area contributed by atoms with Gasteiger partial charge in [0, 0.05) is 0 Å². The maximum Gasteiger partial charge on any atom is -0.0295 e. The lowest BCUT2D eigenvalue weighted by molar-refractivity contribution is -0.0229. The zero-order valence-corrected chi connectivity index (χ0v) is 7.78. The highest BCUT2D eigenvalue weighted by molar-refractivity contribution is 4.94. The van der Waals surface area contributed by atoms with Crippen LogP contribution in [0.4, 0.5) is 0 Å². The molecule has 0 nitrogen and oxygen atoms in total. The van der Waals surface area contributed by atoms with Gasteiger partial charge in [0.25, 0.3) is 0 Å². The van der Waals surface area contributed by atoms with E-state index in [1.807, 2.05) is 0 Å². The van der Waals surface area contributed by atoms with Crippen molar-refractivity contribution in [1.82, 2.24) is 0 Å². The molecule has 0 saturated heterocycles. The number of hydrogen-bond acceptors (Lipinski definition) is 0. The van der Waals surface area contributed by atoms with Crippen molar-refractivity contribution in [3.8, 4) is 0 Å². The summed E-state index contributed by atoms with van der Waals surface area (Å²) in [4.78, 5) is 0. The highest BCUT2D eigenvalue weighted by atomic mass is 14.5. The lowest BCUT2D eigenvalue weighted by Crippen LogP contribution is -2.43. The molecule has 1 aliphatic rings. The van der Waals surface area contributed by atoms with E-state index in [2.05, 4.69) is 27.7 Å². The normalized spacial score (nSPS) is 46.8. The van der Waals surface area contributed by atoms with Crippen LogP contribution < -0.4 is 0 Å². The average molecular weight is 140 g/mol. The Labute approximate surface area is 65.0 Å². The largest absolute Gasteiger partial charge is 0.0651 e. The minimum absolute atomic E-state index is 0.703. The highest BCUT2D eigenvalue weighted by Crippen LogP contribution is 2.54. The average Bonchev–Trinajstić information content (AvgIpc) is 1.88. The molecule has 0 heteroatoms. The van der Waals surface area contributed by atoms with Crippen LogP contribution in [0.15, 0.2) is 0 Å². The summed E-state index contributed by atoms with van der Waals surface area (Å²) in [5.74, 6) is 2.01. The van der Waals surface area contributed by atoms with E-state index in [0.717, 1.165) is 11.8 Å². The Bertz CT molecular complexity index is 117. The highest BCUT2D eigenvalue weighted by Gasteiger charge is 2.45. The fraction of sp³-hybridized carbons (Fsp3) is 1.00. The Kier molecular flexibility index (Phi) is 2.07. The van der Waals surface area contributed by atoms with Gasteiger partial charge in [-0.15, -0.1) is 0 Å². The molecular weight excluding hydrogens is 120 g/mol. The van der Waals surface area contributed by atoms with E-state index in [-0.39, 0.29) is 0 Å². The van der Waals surface area contributed by atoms with Crippen LogP contribution in [0, 0.1) is 17.3 Å². The van der Waals surface area contributed by atoms with Gasteiger partial charge in [0.15, 0.2) is 0 Å². The van der Waals surface area contributed by atoms with E-state index >= 15 is 0 Å². The van der Waals surface area contributed by atoms with E-state index in [9.17, 15) is 0 Å². The van der Waals surface area contributed by atoms with Crippen LogP contribution in [0.5, 0.6) is 0 Å². The van der Waals surface area contributed by atoms with Crippen molar-refractivity contribution in [3.63, 3.8) is 0 Å². The quantitative estimate of drug-likeness (QED) is 0.551. The summed E-state index contributed by atoms with van der Waals surface area (Å²) in [7, 11) is 0. The first-order valence-corrected chi connectivity index (χ1v) is 4.64. The topological polar surface area (TPSA) is 0 Å². The van der Waals surface area contributed by atoms with Gasteiger partial charge >= 0.3 is 0 Å². The van der Waals surface area contributed by atoms with Gasteiger partial charge in [0.1, 0.15) is 0 Å². The van der Waals surface area contributed by atoms with Crippen molar-refractivity contribution in [2.24, 2.45) is 17.3 Å². The van der Waals surface area contributed by atoms with Crippen LogP contribution in [0.3, 0.4) is 0 Å². The third kappa shape index (κ3) is 0.980. The maximum atomic E-state index is 2.45. The van der Waals surface area contributed by atoms with Crippen LogP contribution in [0.25, 0.3) is 0 Å². The molecule has 3 unspecified atom stereocenters. The summed E-state index contributed by atoms with van der Waals surface area (Å²) < 4.78 is 0. The fourth-order valence-electron chi connectivity index (χ4n) is 2.86. The molecule has 0 aliphatic heterocycles. The lowest BCUT2D eigenvalue weighted by Gasteiger charge is -2.52. The predicted octanol–water partition coefficient (Wildman–Crippen LogP) is 3.47. The zero-order valence-electron chi connectivity index (χ0n) is 7.78. The van der Waals surface area contributed by atoms with E-state index in [1.165, 1.54) is 19.3 Å². The third-order valence-corrected chi connectivity index (χ3v) is 3.62. The Balaban J connectivity index is 2.51. The maximum absolute atomic E-state index is 2.45. The zero-order chi connectivity index (χ0) is 7.78. The Morgan fingerprint density at radius 2 is 2.00 bits per heavy atom. The molecule has 0 heterocycles. The standard InChI is InChI=1S/C10H20/c1-5-9-8(3)7-10(9,4)6-2/h8-9H,5-7H2,1-4H3. The molecule has 1 fully saturated rings. The van der Waals surface area contributed by atoms with Crippen LogP contribution >= 0.6 is 0 Å². The van der Waals surface area contributed by atoms with Crippen molar-refractivity contribution in [3.05, 3.63) is 0 Å². The predicted molar refractivity (Wildman–Crippen MR) is 46.0 cm³/mol. The van der Waals surface area contributed by atoms with Gasteiger partial charge in [-0.1, -0.05) is 40.5 Å². The molecule has 0 N–H and O–H groups in total. The smallest absolute Gasteiger partial charge is 0.0295 e.